The summed E-state index contributed by atoms with van der Waals surface area (Å²) in [4.78, 5) is 6.89. The maximum Gasteiger partial charge on any atom is 0.0522 e. The average molecular weight is 543 g/mol. The van der Waals surface area contributed by atoms with Gasteiger partial charge in [0, 0.05) is 69.1 Å². The Morgan fingerprint density at radius 1 is 0.619 bits per heavy atom. The van der Waals surface area contributed by atoms with Crippen LogP contribution in [0.25, 0.3) is 21.8 Å². The normalized spacial score (nSPS) is 13.4. The monoisotopic (exact) mass is 542 g/mol. The van der Waals surface area contributed by atoms with Gasteiger partial charge in [-0.25, -0.2) is 0 Å². The van der Waals surface area contributed by atoms with Gasteiger partial charge in [0.2, 0.25) is 0 Å². The molecule has 4 heteroatoms. The molecule has 0 unspecified atom stereocenters. The Kier molecular flexibility index (Phi) is 5.61. The predicted octanol–water partition coefficient (Wildman–Crippen LogP) is 9.72. The Labute approximate surface area is 245 Å². The zero-order valence-corrected chi connectivity index (χ0v) is 23.4. The van der Waals surface area contributed by atoms with Crippen molar-refractivity contribution >= 4 is 50.2 Å². The number of fused-ring (bicyclic) bond motifs is 5. The van der Waals surface area contributed by atoms with E-state index >= 15 is 0 Å². The number of pyridine rings is 1. The van der Waals surface area contributed by atoms with E-state index in [1.54, 1.807) is 0 Å². The first-order chi connectivity index (χ1) is 20.7. The fourth-order valence-electron chi connectivity index (χ4n) is 6.77. The molecule has 2 aromatic heterocycles. The molecule has 1 aliphatic rings. The van der Waals surface area contributed by atoms with Crippen molar-refractivity contribution in [3.8, 4) is 0 Å². The number of nitrogens with one attached hydrogen (secondary N) is 1. The summed E-state index contributed by atoms with van der Waals surface area (Å²) in [5, 5.41) is 6.04. The van der Waals surface area contributed by atoms with Crippen LogP contribution >= 0.6 is 0 Å². The van der Waals surface area contributed by atoms with Gasteiger partial charge in [0.05, 0.1) is 5.52 Å². The van der Waals surface area contributed by atoms with E-state index in [1.807, 2.05) is 12.4 Å². The van der Waals surface area contributed by atoms with Crippen LogP contribution in [-0.4, -0.2) is 9.55 Å². The van der Waals surface area contributed by atoms with Crippen molar-refractivity contribution in [2.24, 2.45) is 0 Å². The van der Waals surface area contributed by atoms with Crippen LogP contribution in [0.2, 0.25) is 0 Å². The zero-order chi connectivity index (χ0) is 28.1. The Morgan fingerprint density at radius 3 is 1.83 bits per heavy atom. The molecule has 3 heterocycles. The fraction of sp³-hybridized carbons (Fsp3) is 0.0789. The summed E-state index contributed by atoms with van der Waals surface area (Å²) in [6, 6.07) is 47.6. The van der Waals surface area contributed by atoms with E-state index in [0.717, 1.165) is 29.0 Å². The minimum Gasteiger partial charge on any atom is -0.355 e. The molecule has 5 aromatic carbocycles. The summed E-state index contributed by atoms with van der Waals surface area (Å²) in [7, 11) is 0. The first kappa shape index (κ1) is 24.4. The molecule has 0 spiro atoms. The maximum absolute atomic E-state index is 4.57. The van der Waals surface area contributed by atoms with Gasteiger partial charge in [0.1, 0.15) is 0 Å². The number of anilines is 5. The van der Waals surface area contributed by atoms with Crippen molar-refractivity contribution in [3.63, 3.8) is 0 Å². The Morgan fingerprint density at radius 2 is 1.19 bits per heavy atom. The molecule has 202 valence electrons. The molecular weight excluding hydrogens is 512 g/mol. The summed E-state index contributed by atoms with van der Waals surface area (Å²) >= 11 is 0. The Bertz CT molecular complexity index is 1980. The second-order valence-electron chi connectivity index (χ2n) is 11.2. The van der Waals surface area contributed by atoms with E-state index in [2.05, 4.69) is 160 Å². The molecule has 4 nitrogen and oxygen atoms in total. The van der Waals surface area contributed by atoms with Crippen LogP contribution in [0.15, 0.2) is 146 Å². The number of aromatic nitrogens is 2. The van der Waals surface area contributed by atoms with Gasteiger partial charge in [-0.2, -0.15) is 0 Å². The van der Waals surface area contributed by atoms with Crippen molar-refractivity contribution < 1.29 is 0 Å². The molecule has 0 saturated heterocycles. The smallest absolute Gasteiger partial charge is 0.0522 e. The Hall–Kier alpha value is -5.35. The quantitative estimate of drug-likeness (QED) is 0.235. The predicted molar refractivity (Wildman–Crippen MR) is 175 cm³/mol. The molecule has 1 aliphatic heterocycles. The number of hydrogen-bond donors (Lipinski definition) is 1. The van der Waals surface area contributed by atoms with E-state index in [9.17, 15) is 0 Å². The molecule has 1 N–H and O–H groups in total. The molecule has 7 aromatic rings. The third-order valence-corrected chi connectivity index (χ3v) is 8.72. The largest absolute Gasteiger partial charge is 0.355 e. The number of rotatable bonds is 5. The van der Waals surface area contributed by atoms with E-state index in [-0.39, 0.29) is 5.41 Å². The molecule has 8 rings (SSSR count). The third-order valence-electron chi connectivity index (χ3n) is 8.72. The average Bonchev–Trinajstić information content (AvgIpc) is 3.35. The summed E-state index contributed by atoms with van der Waals surface area (Å²) < 4.78 is 2.49. The standard InChI is InChI=1S/C38H30N4/c1-38(32-16-8-10-18-34(32)40-35-19-11-9-17-33(35)38)26-41-36-21-20-29(24-30(36)31-25-39-23-22-37(31)41)42(27-12-4-2-5-13-27)28-14-6-3-7-15-28/h2-25,40H,26H2,1H3. The highest BCUT2D eigenvalue weighted by Crippen LogP contribution is 2.48. The second-order valence-corrected chi connectivity index (χ2v) is 11.2. The van der Waals surface area contributed by atoms with Gasteiger partial charge >= 0.3 is 0 Å². The van der Waals surface area contributed by atoms with Gasteiger partial charge in [-0.3, -0.25) is 4.98 Å². The van der Waals surface area contributed by atoms with Crippen LogP contribution in [0, 0.1) is 0 Å². The lowest BCUT2D eigenvalue weighted by molar-refractivity contribution is 0.485. The van der Waals surface area contributed by atoms with Crippen molar-refractivity contribution in [2.45, 2.75) is 18.9 Å². The number of hydrogen-bond acceptors (Lipinski definition) is 3. The van der Waals surface area contributed by atoms with E-state index < -0.39 is 0 Å². The van der Waals surface area contributed by atoms with Crippen LogP contribution in [0.4, 0.5) is 28.4 Å². The summed E-state index contributed by atoms with van der Waals surface area (Å²) in [5.74, 6) is 0. The lowest BCUT2D eigenvalue weighted by Crippen LogP contribution is -2.33. The van der Waals surface area contributed by atoms with Gasteiger partial charge in [-0.1, -0.05) is 72.8 Å². The highest BCUT2D eigenvalue weighted by atomic mass is 15.1. The first-order valence-electron chi connectivity index (χ1n) is 14.4. The van der Waals surface area contributed by atoms with Crippen LogP contribution in [-0.2, 0) is 12.0 Å². The number of nitrogens with zero attached hydrogens (tertiary/aromatic N) is 3. The van der Waals surface area contributed by atoms with Crippen LogP contribution in [0.3, 0.4) is 0 Å². The zero-order valence-electron chi connectivity index (χ0n) is 23.4. The molecule has 0 fully saturated rings. The van der Waals surface area contributed by atoms with E-state index in [4.69, 9.17) is 0 Å². The molecule has 0 amide bonds. The molecular formula is C38H30N4. The van der Waals surface area contributed by atoms with Crippen molar-refractivity contribution in [1.29, 1.82) is 0 Å². The highest BCUT2D eigenvalue weighted by Gasteiger charge is 2.37. The second kappa shape index (κ2) is 9.64. The van der Waals surface area contributed by atoms with Crippen LogP contribution in [0.1, 0.15) is 18.1 Å². The summed E-state index contributed by atoms with van der Waals surface area (Å²) in [5.41, 5.74) is 10.5. The molecule has 0 atom stereocenters. The van der Waals surface area contributed by atoms with Crippen LogP contribution < -0.4 is 10.2 Å². The van der Waals surface area contributed by atoms with Gasteiger partial charge in [0.25, 0.3) is 0 Å². The van der Waals surface area contributed by atoms with Gasteiger partial charge in [0.15, 0.2) is 0 Å². The molecule has 0 radical (unpaired) electrons. The highest BCUT2D eigenvalue weighted by molar-refractivity contribution is 6.09. The Balaban J connectivity index is 1.33. The molecule has 0 saturated carbocycles. The molecule has 42 heavy (non-hydrogen) atoms. The summed E-state index contributed by atoms with van der Waals surface area (Å²) in [6.45, 7) is 3.18. The van der Waals surface area contributed by atoms with E-state index in [0.29, 0.717) is 0 Å². The number of para-hydroxylation sites is 4. The van der Waals surface area contributed by atoms with E-state index in [1.165, 1.54) is 38.9 Å². The van der Waals surface area contributed by atoms with Crippen molar-refractivity contribution in [1.82, 2.24) is 9.55 Å². The van der Waals surface area contributed by atoms with Crippen molar-refractivity contribution in [2.75, 3.05) is 10.2 Å². The minimum atomic E-state index is -0.237. The van der Waals surface area contributed by atoms with Gasteiger partial charge in [-0.15, -0.1) is 0 Å². The van der Waals surface area contributed by atoms with Gasteiger partial charge in [-0.05, 0) is 78.7 Å². The maximum atomic E-state index is 4.57. The lowest BCUT2D eigenvalue weighted by atomic mass is 9.72. The SMILES string of the molecule is CC1(Cn2c3ccncc3c3cc(N(c4ccccc4)c4ccccc4)ccc32)c2ccccc2Nc2ccccc21. The topological polar surface area (TPSA) is 33.1 Å². The summed E-state index contributed by atoms with van der Waals surface area (Å²) in [6.07, 6.45) is 3.92. The fourth-order valence-corrected chi connectivity index (χ4v) is 6.77. The van der Waals surface area contributed by atoms with Gasteiger partial charge < -0.3 is 14.8 Å². The first-order valence-corrected chi connectivity index (χ1v) is 14.4. The lowest BCUT2D eigenvalue weighted by Gasteiger charge is -2.39. The van der Waals surface area contributed by atoms with Crippen LogP contribution in [0.5, 0.6) is 0 Å². The molecule has 0 aliphatic carbocycles. The third kappa shape index (κ3) is 3.80. The number of benzene rings is 5. The van der Waals surface area contributed by atoms with Crippen molar-refractivity contribution in [3.05, 3.63) is 157 Å². The minimum absolute atomic E-state index is 0.237. The molecule has 0 bridgehead atoms.